The number of hydrazine groups is 1. The molecule has 1 aromatic carbocycles. The summed E-state index contributed by atoms with van der Waals surface area (Å²) in [6.45, 7) is 4.34. The van der Waals surface area contributed by atoms with E-state index < -0.39 is 0 Å². The van der Waals surface area contributed by atoms with Crippen molar-refractivity contribution in [1.82, 2.24) is 5.01 Å². The zero-order chi connectivity index (χ0) is 10.6. The van der Waals surface area contributed by atoms with Crippen LogP contribution >= 0.6 is 0 Å². The van der Waals surface area contributed by atoms with E-state index in [4.69, 9.17) is 5.84 Å². The number of hydrogen-bond acceptors (Lipinski definition) is 2. The molecular weight excluding hydrogens is 172 g/mol. The first-order chi connectivity index (χ1) is 6.66. The van der Waals surface area contributed by atoms with Crippen LogP contribution in [0, 0.1) is 0 Å². The maximum absolute atomic E-state index is 5.77. The molecule has 0 aromatic heterocycles. The SMILES string of the molecule is CCCc1ccccc1C(C)N(C)N. The summed E-state index contributed by atoms with van der Waals surface area (Å²) in [4.78, 5) is 0. The van der Waals surface area contributed by atoms with E-state index in [0.717, 1.165) is 6.42 Å². The minimum Gasteiger partial charge on any atom is -0.268 e. The summed E-state index contributed by atoms with van der Waals surface area (Å²) in [6.07, 6.45) is 2.31. The van der Waals surface area contributed by atoms with Crippen molar-refractivity contribution in [2.24, 2.45) is 5.84 Å². The van der Waals surface area contributed by atoms with Crippen molar-refractivity contribution in [3.05, 3.63) is 35.4 Å². The lowest BCUT2D eigenvalue weighted by molar-refractivity contribution is 0.269. The molecular formula is C12H20N2. The van der Waals surface area contributed by atoms with Gasteiger partial charge in [0.05, 0.1) is 0 Å². The predicted molar refractivity (Wildman–Crippen MR) is 60.8 cm³/mol. The Morgan fingerprint density at radius 1 is 1.36 bits per heavy atom. The Balaban J connectivity index is 2.94. The van der Waals surface area contributed by atoms with Gasteiger partial charge < -0.3 is 0 Å². The summed E-state index contributed by atoms with van der Waals surface area (Å²) in [6, 6.07) is 8.82. The van der Waals surface area contributed by atoms with E-state index in [1.54, 1.807) is 5.01 Å². The molecule has 78 valence electrons. The van der Waals surface area contributed by atoms with E-state index in [1.807, 2.05) is 7.05 Å². The Hall–Kier alpha value is -0.860. The van der Waals surface area contributed by atoms with Crippen LogP contribution in [-0.2, 0) is 6.42 Å². The van der Waals surface area contributed by atoms with Crippen molar-refractivity contribution < 1.29 is 0 Å². The van der Waals surface area contributed by atoms with Crippen LogP contribution < -0.4 is 5.84 Å². The van der Waals surface area contributed by atoms with Crippen LogP contribution in [0.25, 0.3) is 0 Å². The van der Waals surface area contributed by atoms with Gasteiger partial charge in [-0.3, -0.25) is 5.84 Å². The quantitative estimate of drug-likeness (QED) is 0.586. The molecule has 0 aliphatic rings. The van der Waals surface area contributed by atoms with Crippen LogP contribution in [0.4, 0.5) is 0 Å². The largest absolute Gasteiger partial charge is 0.268 e. The molecule has 0 amide bonds. The number of benzene rings is 1. The van der Waals surface area contributed by atoms with Gasteiger partial charge in [-0.15, -0.1) is 0 Å². The van der Waals surface area contributed by atoms with Gasteiger partial charge in [0.2, 0.25) is 0 Å². The van der Waals surface area contributed by atoms with E-state index in [0.29, 0.717) is 0 Å². The van der Waals surface area contributed by atoms with Gasteiger partial charge in [0, 0.05) is 13.1 Å². The van der Waals surface area contributed by atoms with Crippen LogP contribution in [0.1, 0.15) is 37.4 Å². The van der Waals surface area contributed by atoms with Crippen LogP contribution in [0.3, 0.4) is 0 Å². The van der Waals surface area contributed by atoms with Crippen LogP contribution in [0.5, 0.6) is 0 Å². The van der Waals surface area contributed by atoms with Gasteiger partial charge >= 0.3 is 0 Å². The van der Waals surface area contributed by atoms with Gasteiger partial charge in [-0.25, -0.2) is 5.01 Å². The number of nitrogens with zero attached hydrogens (tertiary/aromatic N) is 1. The summed E-state index contributed by atoms with van der Waals surface area (Å²) >= 11 is 0. The molecule has 0 heterocycles. The minimum absolute atomic E-state index is 0.290. The lowest BCUT2D eigenvalue weighted by Crippen LogP contribution is -2.29. The Kier molecular flexibility index (Phi) is 4.11. The van der Waals surface area contributed by atoms with Gasteiger partial charge in [0.1, 0.15) is 0 Å². The third-order valence-electron chi connectivity index (χ3n) is 2.64. The van der Waals surface area contributed by atoms with E-state index >= 15 is 0 Å². The van der Waals surface area contributed by atoms with Crippen molar-refractivity contribution in [2.75, 3.05) is 7.05 Å². The molecule has 0 saturated carbocycles. The molecule has 0 fully saturated rings. The first kappa shape index (κ1) is 11.2. The highest BCUT2D eigenvalue weighted by Crippen LogP contribution is 2.21. The molecule has 2 nitrogen and oxygen atoms in total. The van der Waals surface area contributed by atoms with Crippen molar-refractivity contribution in [3.8, 4) is 0 Å². The molecule has 1 rings (SSSR count). The number of hydrogen-bond donors (Lipinski definition) is 1. The molecule has 0 saturated heterocycles. The third-order valence-corrected chi connectivity index (χ3v) is 2.64. The molecule has 0 aliphatic heterocycles. The summed E-state index contributed by atoms with van der Waals surface area (Å²) in [5.74, 6) is 5.77. The zero-order valence-corrected chi connectivity index (χ0v) is 9.33. The summed E-state index contributed by atoms with van der Waals surface area (Å²) in [5, 5.41) is 1.76. The van der Waals surface area contributed by atoms with Crippen molar-refractivity contribution >= 4 is 0 Å². The second-order valence-corrected chi connectivity index (χ2v) is 3.79. The van der Waals surface area contributed by atoms with Gasteiger partial charge in [0.15, 0.2) is 0 Å². The topological polar surface area (TPSA) is 29.3 Å². The fourth-order valence-corrected chi connectivity index (χ4v) is 1.66. The normalized spacial score (nSPS) is 13.2. The first-order valence-electron chi connectivity index (χ1n) is 5.22. The molecule has 0 aliphatic carbocycles. The van der Waals surface area contributed by atoms with Crippen LogP contribution in [0.15, 0.2) is 24.3 Å². The summed E-state index contributed by atoms with van der Waals surface area (Å²) in [5.41, 5.74) is 2.76. The Bertz CT molecular complexity index is 281. The van der Waals surface area contributed by atoms with E-state index in [1.165, 1.54) is 17.5 Å². The molecule has 1 atom stereocenters. The molecule has 14 heavy (non-hydrogen) atoms. The van der Waals surface area contributed by atoms with Gasteiger partial charge in [0.25, 0.3) is 0 Å². The first-order valence-corrected chi connectivity index (χ1v) is 5.22. The molecule has 1 unspecified atom stereocenters. The molecule has 1 aromatic rings. The highest BCUT2D eigenvalue weighted by Gasteiger charge is 2.11. The monoisotopic (exact) mass is 192 g/mol. The maximum Gasteiger partial charge on any atom is 0.0461 e. The van der Waals surface area contributed by atoms with Gasteiger partial charge in [-0.05, 0) is 24.5 Å². The number of aryl methyl sites for hydroxylation is 1. The molecule has 0 spiro atoms. The highest BCUT2D eigenvalue weighted by atomic mass is 15.4. The maximum atomic E-state index is 5.77. The Morgan fingerprint density at radius 2 is 2.00 bits per heavy atom. The average molecular weight is 192 g/mol. The Labute approximate surface area is 86.7 Å². The lowest BCUT2D eigenvalue weighted by atomic mass is 9.98. The van der Waals surface area contributed by atoms with Gasteiger partial charge in [-0.1, -0.05) is 37.6 Å². The van der Waals surface area contributed by atoms with E-state index in [-0.39, 0.29) is 6.04 Å². The predicted octanol–water partition coefficient (Wildman–Crippen LogP) is 2.51. The zero-order valence-electron chi connectivity index (χ0n) is 9.33. The third kappa shape index (κ3) is 2.56. The molecule has 0 radical (unpaired) electrons. The van der Waals surface area contributed by atoms with Crippen molar-refractivity contribution in [2.45, 2.75) is 32.7 Å². The number of rotatable bonds is 4. The van der Waals surface area contributed by atoms with E-state index in [9.17, 15) is 0 Å². The molecule has 0 bridgehead atoms. The van der Waals surface area contributed by atoms with Crippen molar-refractivity contribution in [3.63, 3.8) is 0 Å². The second kappa shape index (κ2) is 5.13. The highest BCUT2D eigenvalue weighted by molar-refractivity contribution is 5.29. The summed E-state index contributed by atoms with van der Waals surface area (Å²) in [7, 11) is 1.91. The Morgan fingerprint density at radius 3 is 2.57 bits per heavy atom. The number of nitrogens with two attached hydrogens (primary N) is 1. The fraction of sp³-hybridized carbons (Fsp3) is 0.500. The standard InChI is InChI=1S/C12H20N2/c1-4-7-11-8-5-6-9-12(11)10(2)14(3)13/h5-6,8-10H,4,7,13H2,1-3H3. The molecule has 2 N–H and O–H groups in total. The average Bonchev–Trinajstić information content (AvgIpc) is 2.18. The lowest BCUT2D eigenvalue weighted by Gasteiger charge is -2.22. The van der Waals surface area contributed by atoms with Crippen LogP contribution in [-0.4, -0.2) is 12.1 Å². The fourth-order valence-electron chi connectivity index (χ4n) is 1.66. The summed E-state index contributed by atoms with van der Waals surface area (Å²) < 4.78 is 0. The molecule has 2 heteroatoms. The minimum atomic E-state index is 0.290. The van der Waals surface area contributed by atoms with Crippen molar-refractivity contribution in [1.29, 1.82) is 0 Å². The smallest absolute Gasteiger partial charge is 0.0461 e. The van der Waals surface area contributed by atoms with Crippen LogP contribution in [0.2, 0.25) is 0 Å². The van der Waals surface area contributed by atoms with Gasteiger partial charge in [-0.2, -0.15) is 0 Å². The second-order valence-electron chi connectivity index (χ2n) is 3.79. The van der Waals surface area contributed by atoms with E-state index in [2.05, 4.69) is 38.1 Å².